The third-order valence-corrected chi connectivity index (χ3v) is 2.41. The van der Waals surface area contributed by atoms with Crippen LogP contribution in [0, 0.1) is 0 Å². The normalized spacial score (nSPS) is 10.0. The van der Waals surface area contributed by atoms with Crippen LogP contribution in [-0.4, -0.2) is 9.36 Å². The zero-order chi connectivity index (χ0) is 8.39. The Labute approximate surface area is 74.0 Å². The molecule has 3 nitrogen and oxygen atoms in total. The van der Waals surface area contributed by atoms with Crippen LogP contribution < -0.4 is 5.73 Å². The van der Waals surface area contributed by atoms with Crippen molar-refractivity contribution in [2.75, 3.05) is 5.73 Å². The van der Waals surface area contributed by atoms with Crippen LogP contribution in [0.1, 0.15) is 0 Å². The summed E-state index contributed by atoms with van der Waals surface area (Å²) in [6.45, 7) is 0. The second kappa shape index (κ2) is 2.91. The minimum absolute atomic E-state index is 0.728. The van der Waals surface area contributed by atoms with E-state index in [4.69, 9.17) is 5.73 Å². The molecule has 12 heavy (non-hydrogen) atoms. The van der Waals surface area contributed by atoms with Gasteiger partial charge in [-0.3, -0.25) is 4.98 Å². The van der Waals surface area contributed by atoms with Gasteiger partial charge in [-0.25, -0.2) is 0 Å². The molecule has 0 unspecified atom stereocenters. The molecule has 2 N–H and O–H groups in total. The van der Waals surface area contributed by atoms with E-state index >= 15 is 0 Å². The first-order valence-corrected chi connectivity index (χ1v) is 4.26. The average molecular weight is 177 g/mol. The van der Waals surface area contributed by atoms with Crippen molar-refractivity contribution in [1.29, 1.82) is 0 Å². The minimum atomic E-state index is 0.728. The first-order chi connectivity index (χ1) is 5.88. The second-order valence-electron chi connectivity index (χ2n) is 2.35. The molecule has 0 spiro atoms. The van der Waals surface area contributed by atoms with Crippen molar-refractivity contribution in [1.82, 2.24) is 9.36 Å². The van der Waals surface area contributed by atoms with Crippen LogP contribution in [-0.2, 0) is 0 Å². The van der Waals surface area contributed by atoms with Crippen molar-refractivity contribution >= 4 is 17.2 Å². The maximum absolute atomic E-state index is 5.70. The average Bonchev–Trinajstić information content (AvgIpc) is 2.53. The maximum Gasteiger partial charge on any atom is 0.0780 e. The Morgan fingerprint density at radius 2 is 2.00 bits per heavy atom. The lowest BCUT2D eigenvalue weighted by Crippen LogP contribution is -1.83. The van der Waals surface area contributed by atoms with E-state index in [2.05, 4.69) is 9.36 Å². The van der Waals surface area contributed by atoms with Gasteiger partial charge in [-0.1, -0.05) is 0 Å². The molecular formula is C8H7N3S. The van der Waals surface area contributed by atoms with Crippen molar-refractivity contribution in [3.05, 3.63) is 30.7 Å². The third-order valence-electron chi connectivity index (χ3n) is 1.54. The summed E-state index contributed by atoms with van der Waals surface area (Å²) in [6, 6.07) is 3.84. The molecule has 60 valence electrons. The topological polar surface area (TPSA) is 51.8 Å². The van der Waals surface area contributed by atoms with Gasteiger partial charge in [-0.2, -0.15) is 4.37 Å². The van der Waals surface area contributed by atoms with E-state index in [9.17, 15) is 0 Å². The molecule has 0 aromatic carbocycles. The number of pyridine rings is 1. The fraction of sp³-hybridized carbons (Fsp3) is 0. The molecule has 4 heteroatoms. The zero-order valence-electron chi connectivity index (χ0n) is 6.27. The van der Waals surface area contributed by atoms with Gasteiger partial charge in [0, 0.05) is 12.4 Å². The standard InChI is InChI=1S/C8H7N3S/c9-7-5-11-12-8(7)6-1-3-10-4-2-6/h1-5H,9H2. The summed E-state index contributed by atoms with van der Waals surface area (Å²) in [6.07, 6.45) is 5.16. The fourth-order valence-electron chi connectivity index (χ4n) is 0.970. The van der Waals surface area contributed by atoms with E-state index in [-0.39, 0.29) is 0 Å². The summed E-state index contributed by atoms with van der Waals surface area (Å²) in [4.78, 5) is 4.94. The fourth-order valence-corrected chi connectivity index (χ4v) is 1.64. The van der Waals surface area contributed by atoms with Gasteiger partial charge in [-0.15, -0.1) is 0 Å². The van der Waals surface area contributed by atoms with E-state index in [0.29, 0.717) is 0 Å². The number of hydrogen-bond donors (Lipinski definition) is 1. The van der Waals surface area contributed by atoms with E-state index in [1.807, 2.05) is 12.1 Å². The van der Waals surface area contributed by atoms with Gasteiger partial charge in [0.2, 0.25) is 0 Å². The molecule has 0 aliphatic heterocycles. The summed E-state index contributed by atoms with van der Waals surface area (Å²) in [5.41, 5.74) is 7.50. The lowest BCUT2D eigenvalue weighted by Gasteiger charge is -1.95. The Hall–Kier alpha value is -1.42. The number of anilines is 1. The first kappa shape index (κ1) is 7.24. The molecule has 0 amide bonds. The molecular weight excluding hydrogens is 170 g/mol. The molecule has 2 aromatic heterocycles. The SMILES string of the molecule is Nc1cnsc1-c1ccncc1. The van der Waals surface area contributed by atoms with Crippen molar-refractivity contribution < 1.29 is 0 Å². The number of nitrogen functional groups attached to an aromatic ring is 1. The van der Waals surface area contributed by atoms with Gasteiger partial charge < -0.3 is 5.73 Å². The van der Waals surface area contributed by atoms with Crippen LogP contribution in [0.5, 0.6) is 0 Å². The van der Waals surface area contributed by atoms with Gasteiger partial charge in [0.15, 0.2) is 0 Å². The van der Waals surface area contributed by atoms with Crippen LogP contribution >= 0.6 is 11.5 Å². The van der Waals surface area contributed by atoms with Crippen molar-refractivity contribution in [3.63, 3.8) is 0 Å². The minimum Gasteiger partial charge on any atom is -0.396 e. The van der Waals surface area contributed by atoms with Crippen LogP contribution in [0.2, 0.25) is 0 Å². The monoisotopic (exact) mass is 177 g/mol. The Morgan fingerprint density at radius 1 is 1.25 bits per heavy atom. The van der Waals surface area contributed by atoms with Gasteiger partial charge in [-0.05, 0) is 29.2 Å². The number of hydrogen-bond acceptors (Lipinski definition) is 4. The Kier molecular flexibility index (Phi) is 1.75. The summed E-state index contributed by atoms with van der Waals surface area (Å²) in [5.74, 6) is 0. The van der Waals surface area contributed by atoms with Crippen LogP contribution in [0.4, 0.5) is 5.69 Å². The summed E-state index contributed by atoms with van der Waals surface area (Å²) in [5, 5.41) is 0. The Bertz CT molecular complexity index is 369. The van der Waals surface area contributed by atoms with Crippen molar-refractivity contribution in [2.45, 2.75) is 0 Å². The van der Waals surface area contributed by atoms with E-state index in [0.717, 1.165) is 16.1 Å². The summed E-state index contributed by atoms with van der Waals surface area (Å²) < 4.78 is 3.99. The van der Waals surface area contributed by atoms with Crippen LogP contribution in [0.25, 0.3) is 10.4 Å². The summed E-state index contributed by atoms with van der Waals surface area (Å²) in [7, 11) is 0. The van der Waals surface area contributed by atoms with E-state index < -0.39 is 0 Å². The highest BCUT2D eigenvalue weighted by atomic mass is 32.1. The number of aromatic nitrogens is 2. The molecule has 0 aliphatic carbocycles. The second-order valence-corrected chi connectivity index (χ2v) is 3.15. The number of nitrogens with zero attached hydrogens (tertiary/aromatic N) is 2. The predicted molar refractivity (Wildman–Crippen MR) is 49.8 cm³/mol. The molecule has 0 radical (unpaired) electrons. The van der Waals surface area contributed by atoms with Crippen LogP contribution in [0.3, 0.4) is 0 Å². The van der Waals surface area contributed by atoms with Gasteiger partial charge >= 0.3 is 0 Å². The molecule has 0 aliphatic rings. The smallest absolute Gasteiger partial charge is 0.0780 e. The molecule has 0 saturated carbocycles. The molecule has 2 aromatic rings. The van der Waals surface area contributed by atoms with E-state index in [1.165, 1.54) is 11.5 Å². The Morgan fingerprint density at radius 3 is 2.58 bits per heavy atom. The Balaban J connectivity index is 2.51. The predicted octanol–water partition coefficient (Wildman–Crippen LogP) is 1.79. The van der Waals surface area contributed by atoms with Crippen molar-refractivity contribution in [3.8, 4) is 10.4 Å². The molecule has 2 rings (SSSR count). The van der Waals surface area contributed by atoms with Gasteiger partial charge in [0.05, 0.1) is 16.8 Å². The zero-order valence-corrected chi connectivity index (χ0v) is 7.08. The van der Waals surface area contributed by atoms with E-state index in [1.54, 1.807) is 18.6 Å². The van der Waals surface area contributed by atoms with Crippen LogP contribution in [0.15, 0.2) is 30.7 Å². The highest BCUT2D eigenvalue weighted by molar-refractivity contribution is 7.10. The third kappa shape index (κ3) is 1.16. The van der Waals surface area contributed by atoms with Gasteiger partial charge in [0.25, 0.3) is 0 Å². The van der Waals surface area contributed by atoms with Crippen molar-refractivity contribution in [2.24, 2.45) is 0 Å². The van der Waals surface area contributed by atoms with Gasteiger partial charge in [0.1, 0.15) is 0 Å². The molecule has 0 atom stereocenters. The quantitative estimate of drug-likeness (QED) is 0.722. The largest absolute Gasteiger partial charge is 0.396 e. The highest BCUT2D eigenvalue weighted by Gasteiger charge is 2.03. The molecule has 2 heterocycles. The summed E-state index contributed by atoms with van der Waals surface area (Å²) >= 11 is 1.40. The lowest BCUT2D eigenvalue weighted by molar-refractivity contribution is 1.33. The number of rotatable bonds is 1. The number of nitrogens with two attached hydrogens (primary N) is 1. The molecule has 0 saturated heterocycles. The first-order valence-electron chi connectivity index (χ1n) is 3.48. The highest BCUT2D eigenvalue weighted by Crippen LogP contribution is 2.28. The molecule has 0 fully saturated rings. The maximum atomic E-state index is 5.70. The molecule has 0 bridgehead atoms. The lowest BCUT2D eigenvalue weighted by atomic mass is 10.2.